The highest BCUT2D eigenvalue weighted by Gasteiger charge is 2.44. The molecule has 7 nitrogen and oxygen atoms in total. The Morgan fingerprint density at radius 2 is 2.17 bits per heavy atom. The van der Waals surface area contributed by atoms with Crippen molar-refractivity contribution in [3.8, 4) is 11.1 Å². The maximum Gasteiger partial charge on any atom is 0.414 e. The number of carbonyl (C=O) groups excluding carboxylic acids is 2. The molecule has 1 aromatic heterocycles. The maximum atomic E-state index is 14.8. The van der Waals surface area contributed by atoms with Crippen LogP contribution >= 0.6 is 0 Å². The molecule has 1 aliphatic heterocycles. The number of nitrogens with zero attached hydrogens (tertiary/aromatic N) is 2. The molecule has 3 N–H and O–H groups in total. The van der Waals surface area contributed by atoms with Crippen molar-refractivity contribution in [2.75, 3.05) is 24.5 Å². The molecule has 1 aromatic carbocycles. The van der Waals surface area contributed by atoms with Gasteiger partial charge in [0, 0.05) is 41.9 Å². The molecular formula is C21H23FN4O3. The summed E-state index contributed by atoms with van der Waals surface area (Å²) in [6, 6.07) is 8.38. The minimum Gasteiger partial charge on any atom is -0.442 e. The Labute approximate surface area is 168 Å². The van der Waals surface area contributed by atoms with Gasteiger partial charge in [-0.05, 0) is 37.1 Å². The van der Waals surface area contributed by atoms with E-state index in [1.54, 1.807) is 18.3 Å². The topological polar surface area (TPSA) is 97.5 Å². The van der Waals surface area contributed by atoms with E-state index < -0.39 is 18.0 Å². The molecule has 0 radical (unpaired) electrons. The van der Waals surface area contributed by atoms with E-state index in [1.165, 1.54) is 17.9 Å². The number of hydrogen-bond donors (Lipinski definition) is 2. The van der Waals surface area contributed by atoms with Crippen molar-refractivity contribution < 1.29 is 18.7 Å². The number of rotatable bonds is 6. The summed E-state index contributed by atoms with van der Waals surface area (Å²) in [5, 5.41) is 2.61. The quantitative estimate of drug-likeness (QED) is 0.778. The molecule has 1 saturated carbocycles. The fraction of sp³-hybridized carbons (Fsp3) is 0.381. The van der Waals surface area contributed by atoms with Crippen LogP contribution in [0.15, 0.2) is 36.5 Å². The number of nitrogens with two attached hydrogens (primary N) is 1. The third-order valence-electron chi connectivity index (χ3n) is 5.58. The van der Waals surface area contributed by atoms with E-state index in [4.69, 9.17) is 10.5 Å². The number of cyclic esters (lactones) is 1. The zero-order chi connectivity index (χ0) is 20.6. The zero-order valence-corrected chi connectivity index (χ0v) is 16.2. The third-order valence-corrected chi connectivity index (χ3v) is 5.58. The largest absolute Gasteiger partial charge is 0.442 e. The second-order valence-electron chi connectivity index (χ2n) is 7.63. The van der Waals surface area contributed by atoms with Gasteiger partial charge in [0.05, 0.1) is 18.8 Å². The second kappa shape index (κ2) is 7.44. The van der Waals surface area contributed by atoms with Gasteiger partial charge in [0.1, 0.15) is 11.9 Å². The summed E-state index contributed by atoms with van der Waals surface area (Å²) in [5.41, 5.74) is 8.27. The highest BCUT2D eigenvalue weighted by atomic mass is 19.1. The fourth-order valence-corrected chi connectivity index (χ4v) is 3.58. The summed E-state index contributed by atoms with van der Waals surface area (Å²) < 4.78 is 20.0. The Balaban J connectivity index is 1.50. The van der Waals surface area contributed by atoms with E-state index in [0.29, 0.717) is 23.4 Å². The van der Waals surface area contributed by atoms with Crippen molar-refractivity contribution in [1.82, 2.24) is 10.3 Å². The molecule has 2 aromatic rings. The van der Waals surface area contributed by atoms with Gasteiger partial charge in [-0.2, -0.15) is 0 Å². The number of benzene rings is 1. The standard InChI is InChI=1S/C21H23FN4O3/c1-13(27)24-10-16-11-26(20(28)29-16)15-3-4-17(18(22)8-15)14-2-5-19(25-9-14)21(12-23)6-7-21/h2-5,8-9,16H,6-7,10-12,23H2,1H3,(H,24,27). The first-order chi connectivity index (χ1) is 13.9. The average molecular weight is 398 g/mol. The van der Waals surface area contributed by atoms with Gasteiger partial charge in [0.15, 0.2) is 0 Å². The predicted octanol–water partition coefficient (Wildman–Crippen LogP) is 2.34. The molecule has 1 atom stereocenters. The minimum absolute atomic E-state index is 0.00909. The number of nitrogens with one attached hydrogen (secondary N) is 1. The van der Waals surface area contributed by atoms with E-state index in [0.717, 1.165) is 18.5 Å². The highest BCUT2D eigenvalue weighted by Crippen LogP contribution is 2.46. The second-order valence-corrected chi connectivity index (χ2v) is 7.63. The first-order valence-corrected chi connectivity index (χ1v) is 9.61. The first-order valence-electron chi connectivity index (χ1n) is 9.61. The molecule has 29 heavy (non-hydrogen) atoms. The van der Waals surface area contributed by atoms with Crippen molar-refractivity contribution >= 4 is 17.7 Å². The molecule has 152 valence electrons. The molecule has 0 bridgehead atoms. The Morgan fingerprint density at radius 3 is 2.76 bits per heavy atom. The normalized spacial score (nSPS) is 19.8. The van der Waals surface area contributed by atoms with Crippen LogP contribution in [0.3, 0.4) is 0 Å². The number of hydrogen-bond acceptors (Lipinski definition) is 5. The van der Waals surface area contributed by atoms with Gasteiger partial charge in [0.25, 0.3) is 0 Å². The van der Waals surface area contributed by atoms with E-state index in [2.05, 4.69) is 10.3 Å². The van der Waals surface area contributed by atoms with E-state index in [9.17, 15) is 14.0 Å². The van der Waals surface area contributed by atoms with Gasteiger partial charge in [-0.1, -0.05) is 6.07 Å². The van der Waals surface area contributed by atoms with Crippen LogP contribution in [0.1, 0.15) is 25.5 Å². The summed E-state index contributed by atoms with van der Waals surface area (Å²) in [7, 11) is 0. The summed E-state index contributed by atoms with van der Waals surface area (Å²) >= 11 is 0. The molecule has 1 aliphatic carbocycles. The van der Waals surface area contributed by atoms with Crippen LogP contribution in [0.25, 0.3) is 11.1 Å². The molecular weight excluding hydrogens is 375 g/mol. The Hall–Kier alpha value is -3.00. The number of carbonyl (C=O) groups is 2. The number of pyridine rings is 1. The summed E-state index contributed by atoms with van der Waals surface area (Å²) in [6.07, 6.45) is 2.70. The maximum absolute atomic E-state index is 14.8. The molecule has 2 fully saturated rings. The average Bonchev–Trinajstić information content (AvgIpc) is 3.43. The molecule has 0 spiro atoms. The Kier molecular flexibility index (Phi) is 4.96. The van der Waals surface area contributed by atoms with E-state index in [1.807, 2.05) is 12.1 Å². The molecule has 2 aliphatic rings. The summed E-state index contributed by atoms with van der Waals surface area (Å²) in [5.74, 6) is -0.649. The number of aromatic nitrogens is 1. The van der Waals surface area contributed by atoms with Crippen LogP contribution in [-0.4, -0.2) is 42.7 Å². The predicted molar refractivity (Wildman–Crippen MR) is 106 cm³/mol. The van der Waals surface area contributed by atoms with E-state index in [-0.39, 0.29) is 24.4 Å². The van der Waals surface area contributed by atoms with Crippen LogP contribution in [0, 0.1) is 5.82 Å². The van der Waals surface area contributed by atoms with Gasteiger partial charge in [-0.15, -0.1) is 0 Å². The lowest BCUT2D eigenvalue weighted by Gasteiger charge is -2.15. The van der Waals surface area contributed by atoms with Gasteiger partial charge in [0.2, 0.25) is 5.91 Å². The molecule has 1 unspecified atom stereocenters. The Bertz CT molecular complexity index is 943. The van der Waals surface area contributed by atoms with Gasteiger partial charge in [-0.25, -0.2) is 9.18 Å². The number of halogens is 1. The molecule has 2 amide bonds. The van der Waals surface area contributed by atoms with Crippen molar-refractivity contribution in [2.24, 2.45) is 5.73 Å². The van der Waals surface area contributed by atoms with Crippen molar-refractivity contribution in [3.05, 3.63) is 48.0 Å². The van der Waals surface area contributed by atoms with Crippen molar-refractivity contribution in [1.29, 1.82) is 0 Å². The highest BCUT2D eigenvalue weighted by molar-refractivity contribution is 5.90. The number of amides is 2. The Morgan fingerprint density at radius 1 is 1.38 bits per heavy atom. The smallest absolute Gasteiger partial charge is 0.414 e. The van der Waals surface area contributed by atoms with Crippen LogP contribution < -0.4 is 16.0 Å². The van der Waals surface area contributed by atoms with Crippen LogP contribution in [0.2, 0.25) is 0 Å². The minimum atomic E-state index is -0.560. The molecule has 1 saturated heterocycles. The monoisotopic (exact) mass is 398 g/mol. The van der Waals surface area contributed by atoms with Gasteiger partial charge >= 0.3 is 6.09 Å². The van der Waals surface area contributed by atoms with Gasteiger partial charge < -0.3 is 15.8 Å². The van der Waals surface area contributed by atoms with Crippen molar-refractivity contribution in [3.63, 3.8) is 0 Å². The SMILES string of the molecule is CC(=O)NCC1CN(c2ccc(-c3ccc(C4(CN)CC4)nc3)c(F)c2)C(=O)O1. The fourth-order valence-electron chi connectivity index (χ4n) is 3.58. The lowest BCUT2D eigenvalue weighted by atomic mass is 10.00. The van der Waals surface area contributed by atoms with Crippen molar-refractivity contribution in [2.45, 2.75) is 31.3 Å². The molecule has 8 heteroatoms. The molecule has 2 heterocycles. The number of anilines is 1. The lowest BCUT2D eigenvalue weighted by Crippen LogP contribution is -2.33. The number of ether oxygens (including phenoxy) is 1. The zero-order valence-electron chi connectivity index (χ0n) is 16.2. The first kappa shape index (κ1) is 19.3. The van der Waals surface area contributed by atoms with Gasteiger partial charge in [-0.3, -0.25) is 14.7 Å². The van der Waals surface area contributed by atoms with Crippen LogP contribution in [0.5, 0.6) is 0 Å². The summed E-state index contributed by atoms with van der Waals surface area (Å²) in [6.45, 7) is 2.43. The van der Waals surface area contributed by atoms with E-state index >= 15 is 0 Å². The summed E-state index contributed by atoms with van der Waals surface area (Å²) in [4.78, 5) is 29.0. The lowest BCUT2D eigenvalue weighted by molar-refractivity contribution is -0.119. The molecule has 4 rings (SSSR count). The third kappa shape index (κ3) is 3.80. The van der Waals surface area contributed by atoms with Crippen LogP contribution in [-0.2, 0) is 14.9 Å². The van der Waals surface area contributed by atoms with Crippen LogP contribution in [0.4, 0.5) is 14.9 Å².